The van der Waals surface area contributed by atoms with Crippen molar-refractivity contribution >= 4 is 15.9 Å². The molecule has 0 amide bonds. The van der Waals surface area contributed by atoms with Gasteiger partial charge in [-0.2, -0.15) is 5.10 Å². The first-order chi connectivity index (χ1) is 9.97. The fourth-order valence-electron chi connectivity index (χ4n) is 2.26. The summed E-state index contributed by atoms with van der Waals surface area (Å²) in [6.07, 6.45) is 0.614. The van der Waals surface area contributed by atoms with Gasteiger partial charge < -0.3 is 4.74 Å². The van der Waals surface area contributed by atoms with Crippen LogP contribution in [0.15, 0.2) is 22.7 Å². The van der Waals surface area contributed by atoms with Crippen molar-refractivity contribution in [2.45, 2.75) is 19.4 Å². The zero-order valence-electron chi connectivity index (χ0n) is 12.2. The molecule has 0 bridgehead atoms. The zero-order chi connectivity index (χ0) is 15.6. The number of rotatable bonds is 5. The van der Waals surface area contributed by atoms with E-state index in [1.165, 1.54) is 13.2 Å². The number of halogens is 2. The summed E-state index contributed by atoms with van der Waals surface area (Å²) >= 11 is 3.53. The number of hydrogen-bond donors (Lipinski definition) is 2. The summed E-state index contributed by atoms with van der Waals surface area (Å²) in [7, 11) is 3.32. The van der Waals surface area contributed by atoms with Crippen LogP contribution in [0.3, 0.4) is 0 Å². The highest BCUT2D eigenvalue weighted by atomic mass is 79.9. The minimum atomic E-state index is -0.394. The lowest BCUT2D eigenvalue weighted by molar-refractivity contribution is 0.384. The molecule has 2 rings (SSSR count). The summed E-state index contributed by atoms with van der Waals surface area (Å²) in [5.41, 5.74) is 5.54. The van der Waals surface area contributed by atoms with E-state index in [2.05, 4.69) is 26.5 Å². The fraction of sp³-hybridized carbons (Fsp3) is 0.357. The first-order valence-corrected chi connectivity index (χ1v) is 7.24. The summed E-state index contributed by atoms with van der Waals surface area (Å²) in [6.45, 7) is 1.93. The monoisotopic (exact) mass is 356 g/mol. The van der Waals surface area contributed by atoms with Crippen LogP contribution in [0, 0.1) is 12.7 Å². The van der Waals surface area contributed by atoms with Crippen LogP contribution in [0.2, 0.25) is 0 Å². The Labute approximate surface area is 131 Å². The third kappa shape index (κ3) is 3.25. The number of nitrogens with zero attached hydrogens (tertiary/aromatic N) is 2. The van der Waals surface area contributed by atoms with Gasteiger partial charge in [-0.05, 0) is 40.5 Å². The van der Waals surface area contributed by atoms with E-state index in [9.17, 15) is 4.39 Å². The lowest BCUT2D eigenvalue weighted by Gasteiger charge is -2.18. The maximum atomic E-state index is 13.5. The lowest BCUT2D eigenvalue weighted by atomic mass is 10.0. The molecule has 1 heterocycles. The molecule has 2 aromatic rings. The molecular weight excluding hydrogens is 339 g/mol. The fourth-order valence-corrected chi connectivity index (χ4v) is 2.76. The molecule has 0 aliphatic rings. The Bertz CT molecular complexity index is 644. The first kappa shape index (κ1) is 15.9. The number of aryl methyl sites for hydroxylation is 2. The van der Waals surface area contributed by atoms with E-state index in [0.29, 0.717) is 6.42 Å². The Morgan fingerprint density at radius 1 is 1.52 bits per heavy atom. The largest absolute Gasteiger partial charge is 0.494 e. The third-order valence-corrected chi connectivity index (χ3v) is 4.47. The van der Waals surface area contributed by atoms with Crippen LogP contribution in [0.25, 0.3) is 0 Å². The molecule has 1 aromatic heterocycles. The minimum absolute atomic E-state index is 0.175. The molecule has 0 radical (unpaired) electrons. The Balaban J connectivity index is 2.32. The van der Waals surface area contributed by atoms with Crippen molar-refractivity contribution in [1.29, 1.82) is 0 Å². The average molecular weight is 357 g/mol. The van der Waals surface area contributed by atoms with Gasteiger partial charge >= 0.3 is 0 Å². The van der Waals surface area contributed by atoms with Crippen LogP contribution in [-0.4, -0.2) is 16.9 Å². The average Bonchev–Trinajstić information content (AvgIpc) is 2.71. The van der Waals surface area contributed by atoms with Crippen LogP contribution in [-0.2, 0) is 13.5 Å². The smallest absolute Gasteiger partial charge is 0.165 e. The van der Waals surface area contributed by atoms with Gasteiger partial charge in [-0.3, -0.25) is 16.0 Å². The summed E-state index contributed by atoms with van der Waals surface area (Å²) in [6, 6.07) is 4.55. The number of hydrogen-bond acceptors (Lipinski definition) is 4. The van der Waals surface area contributed by atoms with Gasteiger partial charge in [0, 0.05) is 13.5 Å². The Kier molecular flexibility index (Phi) is 4.97. The van der Waals surface area contributed by atoms with Gasteiger partial charge in [-0.25, -0.2) is 4.39 Å². The summed E-state index contributed by atoms with van der Waals surface area (Å²) < 4.78 is 21.3. The summed E-state index contributed by atoms with van der Waals surface area (Å²) in [5, 5.41) is 4.36. The van der Waals surface area contributed by atoms with Gasteiger partial charge in [0.15, 0.2) is 11.6 Å². The Hall–Kier alpha value is -1.44. The van der Waals surface area contributed by atoms with E-state index in [0.717, 1.165) is 21.4 Å². The normalized spacial score (nSPS) is 12.5. The number of hydrazine groups is 1. The third-order valence-electron chi connectivity index (χ3n) is 3.44. The molecule has 7 heteroatoms. The van der Waals surface area contributed by atoms with E-state index in [4.69, 9.17) is 10.6 Å². The number of aromatic nitrogens is 2. The van der Waals surface area contributed by atoms with Gasteiger partial charge in [0.05, 0.1) is 29.0 Å². The molecule has 0 fully saturated rings. The molecular formula is C14H18BrFN4O. The summed E-state index contributed by atoms with van der Waals surface area (Å²) in [5.74, 6) is 5.47. The Morgan fingerprint density at radius 2 is 2.24 bits per heavy atom. The molecule has 5 nitrogen and oxygen atoms in total. The quantitative estimate of drug-likeness (QED) is 0.637. The lowest BCUT2D eigenvalue weighted by Crippen LogP contribution is -2.30. The van der Waals surface area contributed by atoms with Crippen LogP contribution in [0.1, 0.15) is 23.0 Å². The highest BCUT2D eigenvalue weighted by Crippen LogP contribution is 2.28. The van der Waals surface area contributed by atoms with E-state index < -0.39 is 5.82 Å². The first-order valence-electron chi connectivity index (χ1n) is 6.45. The van der Waals surface area contributed by atoms with E-state index >= 15 is 0 Å². The maximum Gasteiger partial charge on any atom is 0.165 e. The van der Waals surface area contributed by atoms with Crippen molar-refractivity contribution in [2.75, 3.05) is 7.11 Å². The molecule has 1 aromatic carbocycles. The van der Waals surface area contributed by atoms with Crippen molar-refractivity contribution in [3.05, 3.63) is 45.4 Å². The zero-order valence-corrected chi connectivity index (χ0v) is 13.7. The van der Waals surface area contributed by atoms with Gasteiger partial charge in [-0.15, -0.1) is 0 Å². The number of benzene rings is 1. The molecule has 1 atom stereocenters. The SMILES string of the molecule is COc1cc(C(Cc2c(Br)c(C)nn2C)NN)ccc1F. The van der Waals surface area contributed by atoms with Crippen molar-refractivity contribution in [3.8, 4) is 5.75 Å². The number of nitrogens with two attached hydrogens (primary N) is 1. The van der Waals surface area contributed by atoms with Gasteiger partial charge in [-0.1, -0.05) is 6.07 Å². The highest BCUT2D eigenvalue weighted by molar-refractivity contribution is 9.10. The van der Waals surface area contributed by atoms with Crippen molar-refractivity contribution in [3.63, 3.8) is 0 Å². The van der Waals surface area contributed by atoms with Crippen molar-refractivity contribution < 1.29 is 9.13 Å². The van der Waals surface area contributed by atoms with Crippen molar-refractivity contribution in [1.82, 2.24) is 15.2 Å². The van der Waals surface area contributed by atoms with Gasteiger partial charge in [0.1, 0.15) is 0 Å². The molecule has 0 spiro atoms. The molecule has 21 heavy (non-hydrogen) atoms. The maximum absolute atomic E-state index is 13.5. The topological polar surface area (TPSA) is 65.1 Å². The number of methoxy groups -OCH3 is 1. The Morgan fingerprint density at radius 3 is 2.76 bits per heavy atom. The molecule has 0 saturated heterocycles. The second-order valence-corrected chi connectivity index (χ2v) is 5.58. The van der Waals surface area contributed by atoms with Gasteiger partial charge in [0.2, 0.25) is 0 Å². The molecule has 0 saturated carbocycles. The van der Waals surface area contributed by atoms with Gasteiger partial charge in [0.25, 0.3) is 0 Å². The van der Waals surface area contributed by atoms with Crippen LogP contribution < -0.4 is 16.0 Å². The van der Waals surface area contributed by atoms with E-state index in [-0.39, 0.29) is 11.8 Å². The minimum Gasteiger partial charge on any atom is -0.494 e. The van der Waals surface area contributed by atoms with E-state index in [1.807, 2.05) is 18.7 Å². The molecule has 1 unspecified atom stereocenters. The number of ether oxygens (including phenoxy) is 1. The van der Waals surface area contributed by atoms with Crippen LogP contribution >= 0.6 is 15.9 Å². The molecule has 114 valence electrons. The molecule has 0 aliphatic heterocycles. The second kappa shape index (κ2) is 6.55. The van der Waals surface area contributed by atoms with Crippen LogP contribution in [0.5, 0.6) is 5.75 Å². The summed E-state index contributed by atoms with van der Waals surface area (Å²) in [4.78, 5) is 0. The predicted molar refractivity (Wildman–Crippen MR) is 82.4 cm³/mol. The predicted octanol–water partition coefficient (Wildman–Crippen LogP) is 2.39. The highest BCUT2D eigenvalue weighted by Gasteiger charge is 2.18. The van der Waals surface area contributed by atoms with Crippen LogP contribution in [0.4, 0.5) is 4.39 Å². The number of nitrogens with one attached hydrogen (secondary N) is 1. The molecule has 3 N–H and O–H groups in total. The van der Waals surface area contributed by atoms with Crippen molar-refractivity contribution in [2.24, 2.45) is 12.9 Å². The second-order valence-electron chi connectivity index (χ2n) is 4.79. The molecule has 0 aliphatic carbocycles. The van der Waals surface area contributed by atoms with E-state index in [1.54, 1.807) is 12.1 Å². The standard InChI is InChI=1S/C14H18BrFN4O/c1-8-14(15)12(20(2)19-8)7-11(18-17)9-4-5-10(16)13(6-9)21-3/h4-6,11,18H,7,17H2,1-3H3.